The lowest BCUT2D eigenvalue weighted by atomic mass is 10.1. The summed E-state index contributed by atoms with van der Waals surface area (Å²) in [5, 5.41) is 6.22. The monoisotopic (exact) mass is 248 g/mol. The molecule has 18 heavy (non-hydrogen) atoms. The van der Waals surface area contributed by atoms with Crippen LogP contribution in [-0.2, 0) is 4.79 Å². The SMILES string of the molecule is CCNC(=O)CN1CCNCC1c1cccnc1. The summed E-state index contributed by atoms with van der Waals surface area (Å²) in [6.45, 7) is 5.75. The van der Waals surface area contributed by atoms with Crippen molar-refractivity contribution in [2.24, 2.45) is 0 Å². The van der Waals surface area contributed by atoms with Gasteiger partial charge in [0.25, 0.3) is 0 Å². The number of rotatable bonds is 4. The van der Waals surface area contributed by atoms with Crippen LogP contribution < -0.4 is 10.6 Å². The predicted molar refractivity (Wildman–Crippen MR) is 70.1 cm³/mol. The van der Waals surface area contributed by atoms with Gasteiger partial charge >= 0.3 is 0 Å². The number of likely N-dealkylation sites (N-methyl/N-ethyl adjacent to an activating group) is 1. The lowest BCUT2D eigenvalue weighted by Gasteiger charge is -2.35. The zero-order valence-electron chi connectivity index (χ0n) is 10.7. The molecule has 1 fully saturated rings. The Labute approximate surface area is 108 Å². The number of carbonyl (C=O) groups excluding carboxylic acids is 1. The van der Waals surface area contributed by atoms with Gasteiger partial charge < -0.3 is 10.6 Å². The normalized spacial score (nSPS) is 20.6. The van der Waals surface area contributed by atoms with Crippen LogP contribution in [0, 0.1) is 0 Å². The van der Waals surface area contributed by atoms with Gasteiger partial charge in [0.2, 0.25) is 5.91 Å². The molecule has 1 aromatic rings. The van der Waals surface area contributed by atoms with Crippen LogP contribution in [0.5, 0.6) is 0 Å². The van der Waals surface area contributed by atoms with Crippen LogP contribution in [0.25, 0.3) is 0 Å². The smallest absolute Gasteiger partial charge is 0.234 e. The number of aromatic nitrogens is 1. The van der Waals surface area contributed by atoms with Crippen LogP contribution in [0.1, 0.15) is 18.5 Å². The van der Waals surface area contributed by atoms with E-state index in [-0.39, 0.29) is 11.9 Å². The predicted octanol–water partition coefficient (Wildman–Crippen LogP) is 0.164. The maximum Gasteiger partial charge on any atom is 0.234 e. The number of pyridine rings is 1. The third kappa shape index (κ3) is 3.27. The van der Waals surface area contributed by atoms with Gasteiger partial charge in [-0.05, 0) is 18.6 Å². The summed E-state index contributed by atoms with van der Waals surface area (Å²) in [5.74, 6) is 0.0910. The van der Waals surface area contributed by atoms with Gasteiger partial charge in [0, 0.05) is 44.6 Å². The molecule has 1 amide bonds. The number of nitrogens with zero attached hydrogens (tertiary/aromatic N) is 2. The van der Waals surface area contributed by atoms with Gasteiger partial charge in [-0.25, -0.2) is 0 Å². The van der Waals surface area contributed by atoms with E-state index in [2.05, 4.69) is 26.6 Å². The number of hydrogen-bond donors (Lipinski definition) is 2. The fourth-order valence-corrected chi connectivity index (χ4v) is 2.27. The topological polar surface area (TPSA) is 57.3 Å². The molecule has 1 atom stereocenters. The third-order valence-corrected chi connectivity index (χ3v) is 3.14. The van der Waals surface area contributed by atoms with Gasteiger partial charge in [0.15, 0.2) is 0 Å². The summed E-state index contributed by atoms with van der Waals surface area (Å²) >= 11 is 0. The van der Waals surface area contributed by atoms with Crippen molar-refractivity contribution >= 4 is 5.91 Å². The average Bonchev–Trinajstić information content (AvgIpc) is 2.40. The highest BCUT2D eigenvalue weighted by molar-refractivity contribution is 5.78. The summed E-state index contributed by atoms with van der Waals surface area (Å²) in [4.78, 5) is 18.1. The maximum atomic E-state index is 11.7. The van der Waals surface area contributed by atoms with Crippen LogP contribution >= 0.6 is 0 Å². The van der Waals surface area contributed by atoms with Gasteiger partial charge in [0.1, 0.15) is 0 Å². The minimum absolute atomic E-state index is 0.0910. The lowest BCUT2D eigenvalue weighted by molar-refractivity contribution is -0.122. The molecule has 0 aliphatic carbocycles. The van der Waals surface area contributed by atoms with Crippen molar-refractivity contribution in [2.45, 2.75) is 13.0 Å². The molecule has 98 valence electrons. The van der Waals surface area contributed by atoms with E-state index in [0.717, 1.165) is 25.2 Å². The second-order valence-corrected chi connectivity index (χ2v) is 4.43. The van der Waals surface area contributed by atoms with Gasteiger partial charge in [-0.3, -0.25) is 14.7 Å². The van der Waals surface area contributed by atoms with Crippen molar-refractivity contribution < 1.29 is 4.79 Å². The number of carbonyl (C=O) groups is 1. The second-order valence-electron chi connectivity index (χ2n) is 4.43. The second kappa shape index (κ2) is 6.47. The van der Waals surface area contributed by atoms with Crippen molar-refractivity contribution in [3.8, 4) is 0 Å². The Morgan fingerprint density at radius 2 is 2.56 bits per heavy atom. The van der Waals surface area contributed by atoms with Gasteiger partial charge in [0.05, 0.1) is 6.54 Å². The van der Waals surface area contributed by atoms with Crippen LogP contribution in [0.3, 0.4) is 0 Å². The van der Waals surface area contributed by atoms with Crippen LogP contribution in [-0.4, -0.2) is 48.5 Å². The van der Waals surface area contributed by atoms with E-state index in [1.54, 1.807) is 6.20 Å². The summed E-state index contributed by atoms with van der Waals surface area (Å²) in [6, 6.07) is 4.24. The first-order chi connectivity index (χ1) is 8.81. The van der Waals surface area contributed by atoms with Crippen LogP contribution in [0.15, 0.2) is 24.5 Å². The Bertz CT molecular complexity index is 382. The highest BCUT2D eigenvalue weighted by Gasteiger charge is 2.25. The molecular weight excluding hydrogens is 228 g/mol. The fourth-order valence-electron chi connectivity index (χ4n) is 2.27. The first-order valence-electron chi connectivity index (χ1n) is 6.42. The molecule has 1 unspecified atom stereocenters. The minimum Gasteiger partial charge on any atom is -0.355 e. The summed E-state index contributed by atoms with van der Waals surface area (Å²) in [7, 11) is 0. The quantitative estimate of drug-likeness (QED) is 0.797. The average molecular weight is 248 g/mol. The molecule has 1 aromatic heterocycles. The van der Waals surface area contributed by atoms with Crippen molar-refractivity contribution in [1.82, 2.24) is 20.5 Å². The molecule has 1 aliphatic rings. The molecule has 0 radical (unpaired) electrons. The van der Waals surface area contributed by atoms with Gasteiger partial charge in [-0.1, -0.05) is 6.07 Å². The molecule has 2 N–H and O–H groups in total. The standard InChI is InChI=1S/C13H20N4O/c1-2-16-13(18)10-17-7-6-15-9-12(17)11-4-3-5-14-8-11/h3-5,8,12,15H,2,6-7,9-10H2,1H3,(H,16,18). The van der Waals surface area contributed by atoms with E-state index < -0.39 is 0 Å². The van der Waals surface area contributed by atoms with E-state index in [9.17, 15) is 4.79 Å². The zero-order valence-corrected chi connectivity index (χ0v) is 10.7. The molecule has 5 nitrogen and oxygen atoms in total. The molecule has 0 aromatic carbocycles. The van der Waals surface area contributed by atoms with Gasteiger partial charge in [-0.2, -0.15) is 0 Å². The van der Waals surface area contributed by atoms with Crippen molar-refractivity contribution in [2.75, 3.05) is 32.7 Å². The van der Waals surface area contributed by atoms with Crippen LogP contribution in [0.2, 0.25) is 0 Å². The first-order valence-corrected chi connectivity index (χ1v) is 6.42. The maximum absolute atomic E-state index is 11.7. The first kappa shape index (κ1) is 13.0. The third-order valence-electron chi connectivity index (χ3n) is 3.14. The Hall–Kier alpha value is -1.46. The summed E-state index contributed by atoms with van der Waals surface area (Å²) < 4.78 is 0. The number of nitrogens with one attached hydrogen (secondary N) is 2. The Balaban J connectivity index is 2.04. The van der Waals surface area contributed by atoms with Crippen molar-refractivity contribution in [3.05, 3.63) is 30.1 Å². The Morgan fingerprint density at radius 1 is 1.67 bits per heavy atom. The van der Waals surface area contributed by atoms with E-state index in [1.807, 2.05) is 19.2 Å². The van der Waals surface area contributed by atoms with E-state index in [1.165, 1.54) is 0 Å². The molecule has 1 aliphatic heterocycles. The molecule has 5 heteroatoms. The van der Waals surface area contributed by atoms with Crippen molar-refractivity contribution in [1.29, 1.82) is 0 Å². The van der Waals surface area contributed by atoms with Crippen LogP contribution in [0.4, 0.5) is 0 Å². The number of piperazine rings is 1. The van der Waals surface area contributed by atoms with E-state index in [4.69, 9.17) is 0 Å². The summed E-state index contributed by atoms with van der Waals surface area (Å²) in [5.41, 5.74) is 1.16. The Kier molecular flexibility index (Phi) is 4.66. The molecular formula is C13H20N4O. The molecule has 0 spiro atoms. The largest absolute Gasteiger partial charge is 0.355 e. The zero-order chi connectivity index (χ0) is 12.8. The molecule has 1 saturated heterocycles. The number of amides is 1. The molecule has 0 saturated carbocycles. The lowest BCUT2D eigenvalue weighted by Crippen LogP contribution is -2.49. The van der Waals surface area contributed by atoms with Crippen molar-refractivity contribution in [3.63, 3.8) is 0 Å². The summed E-state index contributed by atoms with van der Waals surface area (Å²) in [6.07, 6.45) is 3.65. The van der Waals surface area contributed by atoms with Gasteiger partial charge in [-0.15, -0.1) is 0 Å². The molecule has 2 heterocycles. The van der Waals surface area contributed by atoms with E-state index >= 15 is 0 Å². The van der Waals surface area contributed by atoms with E-state index in [0.29, 0.717) is 13.1 Å². The highest BCUT2D eigenvalue weighted by atomic mass is 16.2. The minimum atomic E-state index is 0.0910. The number of hydrogen-bond acceptors (Lipinski definition) is 4. The Morgan fingerprint density at radius 3 is 3.28 bits per heavy atom. The molecule has 2 rings (SSSR count). The highest BCUT2D eigenvalue weighted by Crippen LogP contribution is 2.20. The fraction of sp³-hybridized carbons (Fsp3) is 0.538. The molecule has 0 bridgehead atoms.